The molecule has 0 unspecified atom stereocenters. The number of urea groups is 1. The lowest BCUT2D eigenvalue weighted by Crippen LogP contribution is -2.32. The molecule has 0 aromatic heterocycles. The predicted molar refractivity (Wildman–Crippen MR) is 70.2 cm³/mol. The van der Waals surface area contributed by atoms with Gasteiger partial charge in [0.05, 0.1) is 0 Å². The van der Waals surface area contributed by atoms with E-state index in [1.165, 1.54) is 29.2 Å². The Hall–Kier alpha value is -1.27. The van der Waals surface area contributed by atoms with E-state index in [1.807, 2.05) is 0 Å². The first-order chi connectivity index (χ1) is 8.72. The van der Waals surface area contributed by atoms with E-state index in [4.69, 9.17) is 23.2 Å². The number of nitrogens with zero attached hydrogens (tertiary/aromatic N) is 1. The molecule has 0 aliphatic heterocycles. The number of rotatable bonds is 4. The van der Waals surface area contributed by atoms with Gasteiger partial charge in [-0.15, -0.1) is 0 Å². The smallest absolute Gasteiger partial charge is 0.428 e. The van der Waals surface area contributed by atoms with Crippen LogP contribution in [0.4, 0.5) is 19.3 Å². The highest BCUT2D eigenvalue weighted by atomic mass is 35.5. The molecular formula is C11H12Cl2F2N2O2. The molecule has 1 aromatic carbocycles. The summed E-state index contributed by atoms with van der Waals surface area (Å²) in [5, 5.41) is 2.49. The van der Waals surface area contributed by atoms with Gasteiger partial charge >= 0.3 is 12.1 Å². The summed E-state index contributed by atoms with van der Waals surface area (Å²) in [7, 11) is 3.10. The third-order valence-corrected chi connectivity index (χ3v) is 2.51. The lowest BCUT2D eigenvalue weighted by molar-refractivity contribution is -0.163. The third kappa shape index (κ3) is 4.72. The van der Waals surface area contributed by atoms with Gasteiger partial charge in [-0.25, -0.2) is 4.79 Å². The third-order valence-electron chi connectivity index (χ3n) is 2.00. The van der Waals surface area contributed by atoms with Crippen LogP contribution in [0.2, 0.25) is 0 Å². The van der Waals surface area contributed by atoms with Gasteiger partial charge < -0.3 is 15.0 Å². The first kappa shape index (κ1) is 15.8. The Balaban J connectivity index is 2.80. The number of carbonyl (C=O) groups excluding carboxylic acids is 1. The van der Waals surface area contributed by atoms with Crippen LogP contribution in [0, 0.1) is 0 Å². The van der Waals surface area contributed by atoms with Crippen molar-refractivity contribution in [3.63, 3.8) is 0 Å². The van der Waals surface area contributed by atoms with Gasteiger partial charge in [0, 0.05) is 25.8 Å². The van der Waals surface area contributed by atoms with Crippen molar-refractivity contribution in [1.82, 2.24) is 4.90 Å². The van der Waals surface area contributed by atoms with Crippen LogP contribution in [0.1, 0.15) is 0 Å². The van der Waals surface area contributed by atoms with Gasteiger partial charge in [0.2, 0.25) is 4.84 Å². The quantitative estimate of drug-likeness (QED) is 0.864. The molecule has 4 nitrogen and oxygen atoms in total. The van der Waals surface area contributed by atoms with Gasteiger partial charge in [-0.3, -0.25) is 0 Å². The number of halogens is 4. The van der Waals surface area contributed by atoms with Crippen LogP contribution in [0.3, 0.4) is 0 Å². The first-order valence-electron chi connectivity index (χ1n) is 5.15. The SMILES string of the molecule is CN(C)C(=O)Nc1cccc(OC(F)(F)C(Cl)Cl)c1. The standard InChI is InChI=1S/C11H12Cl2F2N2O2/c1-17(2)10(18)16-7-4-3-5-8(6-7)19-11(14,15)9(12)13/h3-6,9H,1-2H3,(H,16,18). The van der Waals surface area contributed by atoms with E-state index in [0.717, 1.165) is 0 Å². The molecule has 1 N–H and O–H groups in total. The number of ether oxygens (including phenoxy) is 1. The van der Waals surface area contributed by atoms with E-state index < -0.39 is 17.0 Å². The number of hydrogen-bond donors (Lipinski definition) is 1. The average Bonchev–Trinajstić information content (AvgIpc) is 2.28. The van der Waals surface area contributed by atoms with Crippen molar-refractivity contribution in [3.05, 3.63) is 24.3 Å². The van der Waals surface area contributed by atoms with Gasteiger partial charge in [0.1, 0.15) is 5.75 Å². The maximum absolute atomic E-state index is 13.2. The number of carbonyl (C=O) groups is 1. The summed E-state index contributed by atoms with van der Waals surface area (Å²) in [5.41, 5.74) is 0.313. The Bertz CT molecular complexity index is 456. The zero-order valence-corrected chi connectivity index (χ0v) is 11.7. The Morgan fingerprint density at radius 3 is 2.58 bits per heavy atom. The summed E-state index contributed by atoms with van der Waals surface area (Å²) in [6.45, 7) is 0. The van der Waals surface area contributed by atoms with E-state index in [9.17, 15) is 13.6 Å². The number of anilines is 1. The van der Waals surface area contributed by atoms with Crippen LogP contribution in [0.25, 0.3) is 0 Å². The van der Waals surface area contributed by atoms with Crippen molar-refractivity contribution >= 4 is 34.9 Å². The lowest BCUT2D eigenvalue weighted by Gasteiger charge is -2.19. The van der Waals surface area contributed by atoms with Crippen LogP contribution in [-0.4, -0.2) is 36.0 Å². The van der Waals surface area contributed by atoms with Crippen molar-refractivity contribution < 1.29 is 18.3 Å². The first-order valence-corrected chi connectivity index (χ1v) is 6.03. The summed E-state index contributed by atoms with van der Waals surface area (Å²) < 4.78 is 30.7. The zero-order chi connectivity index (χ0) is 14.6. The molecule has 2 amide bonds. The largest absolute Gasteiger partial charge is 0.430 e. The molecule has 0 bridgehead atoms. The topological polar surface area (TPSA) is 41.6 Å². The van der Waals surface area contributed by atoms with Crippen molar-refractivity contribution in [3.8, 4) is 5.75 Å². The van der Waals surface area contributed by atoms with Gasteiger partial charge in [-0.1, -0.05) is 29.3 Å². The molecule has 0 fully saturated rings. The van der Waals surface area contributed by atoms with E-state index in [0.29, 0.717) is 5.69 Å². The molecule has 0 aliphatic carbocycles. The number of amides is 2. The van der Waals surface area contributed by atoms with Crippen molar-refractivity contribution in [2.75, 3.05) is 19.4 Å². The molecule has 0 saturated carbocycles. The molecule has 8 heteroatoms. The molecule has 0 radical (unpaired) electrons. The summed E-state index contributed by atoms with van der Waals surface area (Å²) in [5.74, 6) is -0.159. The fraction of sp³-hybridized carbons (Fsp3) is 0.364. The van der Waals surface area contributed by atoms with Gasteiger partial charge in [-0.2, -0.15) is 8.78 Å². The van der Waals surface area contributed by atoms with Crippen LogP contribution in [0.5, 0.6) is 5.75 Å². The monoisotopic (exact) mass is 312 g/mol. The van der Waals surface area contributed by atoms with Crippen LogP contribution in [-0.2, 0) is 0 Å². The summed E-state index contributed by atoms with van der Waals surface area (Å²) in [6.07, 6.45) is -3.71. The molecule has 19 heavy (non-hydrogen) atoms. The minimum atomic E-state index is -3.71. The van der Waals surface area contributed by atoms with Crippen molar-refractivity contribution in [2.24, 2.45) is 0 Å². The highest BCUT2D eigenvalue weighted by Crippen LogP contribution is 2.31. The fourth-order valence-electron chi connectivity index (χ4n) is 1.07. The molecule has 106 valence electrons. The average molecular weight is 313 g/mol. The summed E-state index contributed by atoms with van der Waals surface area (Å²) in [4.78, 5) is 10.7. The zero-order valence-electron chi connectivity index (χ0n) is 10.2. The molecule has 1 aromatic rings. The molecular weight excluding hydrogens is 301 g/mol. The molecule has 0 aliphatic rings. The van der Waals surface area contributed by atoms with E-state index in [1.54, 1.807) is 14.1 Å². The summed E-state index contributed by atoms with van der Waals surface area (Å²) >= 11 is 10.2. The molecule has 1 rings (SSSR count). The Labute approximate surface area is 119 Å². The lowest BCUT2D eigenvalue weighted by atomic mass is 10.3. The van der Waals surface area contributed by atoms with Crippen LogP contribution < -0.4 is 10.1 Å². The maximum Gasteiger partial charge on any atom is 0.428 e. The second-order valence-electron chi connectivity index (χ2n) is 3.82. The number of alkyl halides is 4. The van der Waals surface area contributed by atoms with Crippen molar-refractivity contribution in [2.45, 2.75) is 10.9 Å². The molecule has 0 heterocycles. The van der Waals surface area contributed by atoms with Crippen molar-refractivity contribution in [1.29, 1.82) is 0 Å². The van der Waals surface area contributed by atoms with E-state index >= 15 is 0 Å². The molecule has 0 atom stereocenters. The Morgan fingerprint density at radius 2 is 2.05 bits per heavy atom. The van der Waals surface area contributed by atoms with Crippen LogP contribution in [0.15, 0.2) is 24.3 Å². The molecule has 0 saturated heterocycles. The fourth-order valence-corrected chi connectivity index (χ4v) is 1.16. The highest BCUT2D eigenvalue weighted by molar-refractivity contribution is 6.44. The minimum Gasteiger partial charge on any atom is -0.430 e. The predicted octanol–water partition coefficient (Wildman–Crippen LogP) is 3.56. The van der Waals surface area contributed by atoms with Gasteiger partial charge in [-0.05, 0) is 12.1 Å². The minimum absolute atomic E-state index is 0.159. The number of hydrogen-bond acceptors (Lipinski definition) is 2. The van der Waals surface area contributed by atoms with E-state index in [2.05, 4.69) is 10.1 Å². The van der Waals surface area contributed by atoms with Crippen LogP contribution >= 0.6 is 23.2 Å². The second-order valence-corrected chi connectivity index (χ2v) is 4.91. The van der Waals surface area contributed by atoms with Gasteiger partial charge in [0.25, 0.3) is 0 Å². The normalized spacial score (nSPS) is 11.3. The second kappa shape index (κ2) is 6.25. The van der Waals surface area contributed by atoms with E-state index in [-0.39, 0.29) is 5.75 Å². The number of benzene rings is 1. The number of nitrogens with one attached hydrogen (secondary N) is 1. The Kier molecular flexibility index (Phi) is 5.20. The summed E-state index contributed by atoms with van der Waals surface area (Å²) in [6, 6.07) is 5.14. The highest BCUT2D eigenvalue weighted by Gasteiger charge is 2.40. The maximum atomic E-state index is 13.2. The Morgan fingerprint density at radius 1 is 1.42 bits per heavy atom. The molecule has 0 spiro atoms. The van der Waals surface area contributed by atoms with Gasteiger partial charge in [0.15, 0.2) is 0 Å².